The van der Waals surface area contributed by atoms with E-state index in [1.807, 2.05) is 18.2 Å². The lowest BCUT2D eigenvalue weighted by molar-refractivity contribution is -0.141. The Bertz CT molecular complexity index is 800. The highest BCUT2D eigenvalue weighted by Gasteiger charge is 2.42. The molecule has 1 amide bonds. The summed E-state index contributed by atoms with van der Waals surface area (Å²) >= 11 is 0. The molecule has 0 fully saturated rings. The molecule has 0 heterocycles. The Labute approximate surface area is 160 Å². The number of carboxylic acid groups (broad SMARTS) is 1. The molecule has 0 spiro atoms. The Hall–Kier alpha value is -1.65. The van der Waals surface area contributed by atoms with Crippen molar-refractivity contribution in [1.29, 1.82) is 0 Å². The topological polar surface area (TPSA) is 118 Å². The fraction of sp³-hybridized carbons (Fsp3) is 0.600. The first kappa shape index (κ1) is 21.6. The smallest absolute Gasteiger partial charge is 0.307 e. The molecule has 2 unspecified atom stereocenters. The van der Waals surface area contributed by atoms with Crippen LogP contribution in [0.1, 0.15) is 63.6 Å². The molecule has 1 aromatic carbocycles. The number of fused-ring (bicyclic) bond motifs is 1. The van der Waals surface area contributed by atoms with Crippen LogP contribution in [-0.2, 0) is 31.1 Å². The molecule has 0 saturated carbocycles. The third-order valence-electron chi connectivity index (χ3n) is 5.45. The molecule has 2 atom stereocenters. The van der Waals surface area contributed by atoms with E-state index in [-0.39, 0.29) is 36.0 Å². The fourth-order valence-corrected chi connectivity index (χ4v) is 6.36. The van der Waals surface area contributed by atoms with E-state index in [2.05, 4.69) is 27.7 Å². The van der Waals surface area contributed by atoms with E-state index in [1.165, 1.54) is 11.1 Å². The zero-order chi connectivity index (χ0) is 20.6. The van der Waals surface area contributed by atoms with Crippen molar-refractivity contribution < 1.29 is 24.2 Å². The average molecular weight is 395 g/mol. The number of carboxylic acids is 1. The monoisotopic (exact) mass is 395 g/mol. The second-order valence-electron chi connectivity index (χ2n) is 9.05. The lowest BCUT2D eigenvalue weighted by Gasteiger charge is -2.22. The Balaban J connectivity index is 2.19. The number of benzene rings is 1. The second kappa shape index (κ2) is 7.40. The standard InChI is InChI=1S/C20H30NO5P/c1-19(2)12-20(3,4)16-9-13(5-7-15(16)19)10-27(25,26)11-14(18(23)24)6-8-17(21)22/h5,7,9,14H,6,8,10-12H2,1-4H3,(H2,21,22)(H,23,24)(H,25,26). The van der Waals surface area contributed by atoms with Crippen molar-refractivity contribution in [2.24, 2.45) is 11.7 Å². The Morgan fingerprint density at radius 2 is 1.78 bits per heavy atom. The van der Waals surface area contributed by atoms with Gasteiger partial charge in [0.15, 0.2) is 0 Å². The van der Waals surface area contributed by atoms with E-state index in [0.29, 0.717) is 0 Å². The highest BCUT2D eigenvalue weighted by molar-refractivity contribution is 7.57. The van der Waals surface area contributed by atoms with Gasteiger partial charge in [0, 0.05) is 18.7 Å². The van der Waals surface area contributed by atoms with E-state index in [4.69, 9.17) is 5.73 Å². The van der Waals surface area contributed by atoms with Gasteiger partial charge in [0.25, 0.3) is 0 Å². The third-order valence-corrected chi connectivity index (χ3v) is 7.32. The maximum absolute atomic E-state index is 12.7. The van der Waals surface area contributed by atoms with Crippen molar-refractivity contribution in [1.82, 2.24) is 0 Å². The van der Waals surface area contributed by atoms with E-state index in [0.717, 1.165) is 12.0 Å². The first-order valence-electron chi connectivity index (χ1n) is 9.19. The maximum atomic E-state index is 12.7. The first-order valence-corrected chi connectivity index (χ1v) is 11.2. The van der Waals surface area contributed by atoms with Gasteiger partial charge in [-0.15, -0.1) is 0 Å². The summed E-state index contributed by atoms with van der Waals surface area (Å²) in [7, 11) is -3.72. The van der Waals surface area contributed by atoms with Crippen LogP contribution in [0.4, 0.5) is 0 Å². The molecule has 0 bridgehead atoms. The lowest BCUT2D eigenvalue weighted by atomic mass is 9.82. The Kier molecular flexibility index (Phi) is 5.93. The van der Waals surface area contributed by atoms with Gasteiger partial charge in [0.05, 0.1) is 5.92 Å². The SMILES string of the molecule is CC1(C)CC(C)(C)c2cc(CP(=O)(O)CC(CCC(N)=O)C(=O)O)ccc21. The van der Waals surface area contributed by atoms with Gasteiger partial charge >= 0.3 is 5.97 Å². The summed E-state index contributed by atoms with van der Waals surface area (Å²) in [5.41, 5.74) is 8.30. The molecular weight excluding hydrogens is 365 g/mol. The average Bonchev–Trinajstić information content (AvgIpc) is 2.67. The van der Waals surface area contributed by atoms with E-state index < -0.39 is 25.2 Å². The van der Waals surface area contributed by atoms with Crippen molar-refractivity contribution >= 4 is 19.2 Å². The molecule has 27 heavy (non-hydrogen) atoms. The summed E-state index contributed by atoms with van der Waals surface area (Å²) < 4.78 is 12.7. The Morgan fingerprint density at radius 3 is 2.33 bits per heavy atom. The van der Waals surface area contributed by atoms with Gasteiger partial charge in [0.1, 0.15) is 0 Å². The summed E-state index contributed by atoms with van der Waals surface area (Å²) in [6.07, 6.45) is 0.433. The number of hydrogen-bond acceptors (Lipinski definition) is 3. The highest BCUT2D eigenvalue weighted by atomic mass is 31.2. The fourth-order valence-electron chi connectivity index (χ4n) is 4.44. The molecule has 0 aliphatic heterocycles. The molecule has 0 saturated heterocycles. The van der Waals surface area contributed by atoms with Crippen LogP contribution in [0.2, 0.25) is 0 Å². The van der Waals surface area contributed by atoms with Crippen LogP contribution in [0.15, 0.2) is 18.2 Å². The number of amides is 1. The van der Waals surface area contributed by atoms with Crippen LogP contribution < -0.4 is 5.73 Å². The minimum Gasteiger partial charge on any atom is -0.481 e. The van der Waals surface area contributed by atoms with Crippen LogP contribution in [0.5, 0.6) is 0 Å². The number of hydrogen-bond donors (Lipinski definition) is 3. The van der Waals surface area contributed by atoms with Crippen molar-refractivity contribution in [3.05, 3.63) is 34.9 Å². The summed E-state index contributed by atoms with van der Waals surface area (Å²) in [5, 5.41) is 9.28. The molecule has 0 radical (unpaired) electrons. The lowest BCUT2D eigenvalue weighted by Crippen LogP contribution is -2.21. The molecule has 150 valence electrons. The number of aliphatic carboxylic acids is 1. The largest absolute Gasteiger partial charge is 0.481 e. The maximum Gasteiger partial charge on any atom is 0.307 e. The summed E-state index contributed by atoms with van der Waals surface area (Å²) in [6, 6.07) is 5.89. The summed E-state index contributed by atoms with van der Waals surface area (Å²) in [6.45, 7) is 8.75. The number of rotatable bonds is 8. The molecule has 1 aliphatic rings. The van der Waals surface area contributed by atoms with Crippen molar-refractivity contribution in [2.75, 3.05) is 6.16 Å². The highest BCUT2D eigenvalue weighted by Crippen LogP contribution is 2.51. The summed E-state index contributed by atoms with van der Waals surface area (Å²) in [4.78, 5) is 32.7. The number of nitrogens with two attached hydrogens (primary N) is 1. The zero-order valence-corrected chi connectivity index (χ0v) is 17.4. The van der Waals surface area contributed by atoms with Crippen LogP contribution in [-0.4, -0.2) is 28.0 Å². The number of primary amides is 1. The quantitative estimate of drug-likeness (QED) is 0.583. The van der Waals surface area contributed by atoms with E-state index in [9.17, 15) is 24.2 Å². The molecule has 2 rings (SSSR count). The molecule has 6 nitrogen and oxygen atoms in total. The van der Waals surface area contributed by atoms with Crippen LogP contribution in [0, 0.1) is 5.92 Å². The molecular formula is C20H30NO5P. The third kappa shape index (κ3) is 5.20. The normalized spacial score (nSPS) is 20.5. The van der Waals surface area contributed by atoms with Crippen molar-refractivity contribution in [2.45, 2.75) is 63.9 Å². The Morgan fingerprint density at radius 1 is 1.19 bits per heavy atom. The number of carbonyl (C=O) groups excluding carboxylic acids is 1. The molecule has 7 heteroatoms. The molecule has 4 N–H and O–H groups in total. The summed E-state index contributed by atoms with van der Waals surface area (Å²) in [5.74, 6) is -2.85. The number of carbonyl (C=O) groups is 2. The van der Waals surface area contributed by atoms with Gasteiger partial charge in [-0.1, -0.05) is 45.9 Å². The zero-order valence-electron chi connectivity index (χ0n) is 16.5. The first-order chi connectivity index (χ1) is 12.2. The van der Waals surface area contributed by atoms with Crippen molar-refractivity contribution in [3.63, 3.8) is 0 Å². The minimum atomic E-state index is -3.72. The minimum absolute atomic E-state index is 0.0145. The van der Waals surface area contributed by atoms with Gasteiger partial charge < -0.3 is 15.7 Å². The van der Waals surface area contributed by atoms with Gasteiger partial charge in [0.2, 0.25) is 13.3 Å². The molecule has 1 aliphatic carbocycles. The second-order valence-corrected chi connectivity index (χ2v) is 11.4. The molecule has 1 aromatic rings. The van der Waals surface area contributed by atoms with Gasteiger partial charge in [-0.05, 0) is 40.4 Å². The van der Waals surface area contributed by atoms with Crippen LogP contribution in [0.25, 0.3) is 0 Å². The predicted octanol–water partition coefficient (Wildman–Crippen LogP) is 3.38. The predicted molar refractivity (Wildman–Crippen MR) is 105 cm³/mol. The van der Waals surface area contributed by atoms with Gasteiger partial charge in [-0.25, -0.2) is 0 Å². The molecule has 0 aromatic heterocycles. The van der Waals surface area contributed by atoms with E-state index in [1.54, 1.807) is 0 Å². The van der Waals surface area contributed by atoms with Crippen molar-refractivity contribution in [3.8, 4) is 0 Å². The van der Waals surface area contributed by atoms with Crippen LogP contribution >= 0.6 is 7.37 Å². The van der Waals surface area contributed by atoms with Gasteiger partial charge in [-0.2, -0.15) is 0 Å². The van der Waals surface area contributed by atoms with E-state index >= 15 is 0 Å². The van der Waals surface area contributed by atoms with Crippen LogP contribution in [0.3, 0.4) is 0 Å². The van der Waals surface area contributed by atoms with Gasteiger partial charge in [-0.3, -0.25) is 14.2 Å².